The molecule has 0 bridgehead atoms. The molecule has 0 spiro atoms. The first-order valence-corrected chi connectivity index (χ1v) is 10.1. The molecule has 0 amide bonds. The van der Waals surface area contributed by atoms with E-state index < -0.39 is 17.7 Å². The molecule has 1 heterocycles. The van der Waals surface area contributed by atoms with E-state index in [2.05, 4.69) is 10.3 Å². The van der Waals surface area contributed by atoms with Crippen LogP contribution in [0.2, 0.25) is 0 Å². The molecule has 4 nitrogen and oxygen atoms in total. The second kappa shape index (κ2) is 10.6. The minimum absolute atomic E-state index is 0. The van der Waals surface area contributed by atoms with Crippen LogP contribution in [0.25, 0.3) is 10.6 Å². The zero-order valence-electron chi connectivity index (χ0n) is 17.5. The molecule has 1 N–H and O–H groups in total. The molecule has 31 heavy (non-hydrogen) atoms. The molecule has 0 aliphatic heterocycles. The number of hydrogen-bond acceptors (Lipinski definition) is 5. The summed E-state index contributed by atoms with van der Waals surface area (Å²) in [4.78, 5) is 16.1. The van der Waals surface area contributed by atoms with Gasteiger partial charge in [0.2, 0.25) is 0 Å². The van der Waals surface area contributed by atoms with Crippen molar-refractivity contribution < 1.29 is 52.6 Å². The first-order chi connectivity index (χ1) is 14.1. The number of carbonyl (C=O) groups is 1. The third-order valence-electron chi connectivity index (χ3n) is 4.75. The minimum Gasteiger partial charge on any atom is -0.550 e. The summed E-state index contributed by atoms with van der Waals surface area (Å²) in [6.45, 7) is 4.33. The van der Waals surface area contributed by atoms with Crippen molar-refractivity contribution in [2.75, 3.05) is 5.32 Å². The van der Waals surface area contributed by atoms with Crippen LogP contribution < -0.4 is 40.0 Å². The summed E-state index contributed by atoms with van der Waals surface area (Å²) in [6, 6.07) is 10.7. The third kappa shape index (κ3) is 6.80. The van der Waals surface area contributed by atoms with Crippen molar-refractivity contribution in [1.29, 1.82) is 0 Å². The first kappa shape index (κ1) is 25.4. The average molecular weight is 456 g/mol. The van der Waals surface area contributed by atoms with Crippen molar-refractivity contribution in [2.24, 2.45) is 0 Å². The molecule has 0 saturated carbocycles. The maximum absolute atomic E-state index is 12.7. The fraction of sp³-hybridized carbons (Fsp3) is 0.273. The van der Waals surface area contributed by atoms with E-state index in [1.165, 1.54) is 23.5 Å². The van der Waals surface area contributed by atoms with Gasteiger partial charge in [0, 0.05) is 22.1 Å². The number of carbonyl (C=O) groups excluding carboxylic acids is 1. The Morgan fingerprint density at radius 2 is 1.81 bits per heavy atom. The number of aliphatic carboxylic acids is 1. The van der Waals surface area contributed by atoms with Crippen LogP contribution in [0.3, 0.4) is 0 Å². The van der Waals surface area contributed by atoms with Gasteiger partial charge in [0.05, 0.1) is 17.8 Å². The number of hydrogen-bond donors (Lipinski definition) is 1. The van der Waals surface area contributed by atoms with Crippen molar-refractivity contribution in [3.8, 4) is 10.6 Å². The average Bonchev–Trinajstić information content (AvgIpc) is 3.05. The normalized spacial score (nSPS) is 11.1. The summed E-state index contributed by atoms with van der Waals surface area (Å²) in [5, 5.41) is 14.6. The Bertz CT molecular complexity index is 1050. The third-order valence-corrected chi connectivity index (χ3v) is 5.95. The van der Waals surface area contributed by atoms with Crippen LogP contribution in [0.1, 0.15) is 33.7 Å². The smallest absolute Gasteiger partial charge is 0.550 e. The van der Waals surface area contributed by atoms with E-state index in [9.17, 15) is 23.1 Å². The fourth-order valence-corrected chi connectivity index (χ4v) is 4.03. The Hall–Kier alpha value is -1.87. The van der Waals surface area contributed by atoms with Gasteiger partial charge in [0.1, 0.15) is 5.01 Å². The van der Waals surface area contributed by atoms with E-state index >= 15 is 0 Å². The Morgan fingerprint density at radius 1 is 1.13 bits per heavy atom. The zero-order chi connectivity index (χ0) is 21.9. The van der Waals surface area contributed by atoms with Crippen molar-refractivity contribution in [1.82, 2.24) is 4.98 Å². The van der Waals surface area contributed by atoms with Crippen LogP contribution in [-0.4, -0.2) is 11.0 Å². The molecule has 3 rings (SSSR count). The van der Waals surface area contributed by atoms with Crippen LogP contribution in [0.15, 0.2) is 42.5 Å². The summed E-state index contributed by atoms with van der Waals surface area (Å²) >= 11 is 1.44. The summed E-state index contributed by atoms with van der Waals surface area (Å²) < 4.78 is 38.2. The number of halogens is 3. The molecule has 0 unspecified atom stereocenters. The maximum Gasteiger partial charge on any atom is 1.00 e. The van der Waals surface area contributed by atoms with Crippen LogP contribution >= 0.6 is 11.3 Å². The monoisotopic (exact) mass is 456 g/mol. The number of carboxylic acids is 1. The summed E-state index contributed by atoms with van der Waals surface area (Å²) in [5.41, 5.74) is 3.64. The van der Waals surface area contributed by atoms with Gasteiger partial charge in [-0.3, -0.25) is 0 Å². The molecule has 2 aromatic carbocycles. The summed E-state index contributed by atoms with van der Waals surface area (Å²) in [5.74, 6) is -1.07. The number of alkyl halides is 3. The molecule has 3 aromatic rings. The number of anilines is 1. The number of rotatable bonds is 7. The minimum atomic E-state index is -4.36. The SMILES string of the molecule is Cc1cc(NCc2sc(-c3ccc(C(F)(F)F)cc3)nc2C)ccc1CCC(=O)[O-].[Na+]. The Morgan fingerprint density at radius 3 is 2.39 bits per heavy atom. The molecule has 1 aromatic heterocycles. The zero-order valence-corrected chi connectivity index (χ0v) is 20.3. The van der Waals surface area contributed by atoms with E-state index in [1.807, 2.05) is 32.0 Å². The molecule has 9 heteroatoms. The topological polar surface area (TPSA) is 65.0 Å². The number of nitrogens with one attached hydrogen (secondary N) is 1. The van der Waals surface area contributed by atoms with Crippen LogP contribution in [0.5, 0.6) is 0 Å². The number of aryl methyl sites for hydroxylation is 3. The number of aromatic nitrogens is 1. The van der Waals surface area contributed by atoms with Crippen LogP contribution in [0, 0.1) is 13.8 Å². The van der Waals surface area contributed by atoms with Crippen molar-refractivity contribution in [3.05, 3.63) is 69.7 Å². The summed E-state index contributed by atoms with van der Waals surface area (Å²) in [6.07, 6.45) is -3.94. The standard InChI is InChI=1S/C22H21F3N2O2S.Na/c1-13-11-18(9-5-15(13)6-10-20(28)29)26-12-19-14(2)27-21(30-19)16-3-7-17(8-4-16)22(23,24)25;/h3-5,7-9,11,26H,6,10,12H2,1-2H3,(H,28,29);/q;+1/p-1. The fourth-order valence-electron chi connectivity index (χ4n) is 3.02. The van der Waals surface area contributed by atoms with Gasteiger partial charge in [-0.15, -0.1) is 11.3 Å². The number of benzene rings is 2. The van der Waals surface area contributed by atoms with Gasteiger partial charge in [0.25, 0.3) is 0 Å². The molecular weight excluding hydrogens is 436 g/mol. The molecule has 0 aliphatic rings. The van der Waals surface area contributed by atoms with Crippen molar-refractivity contribution >= 4 is 23.0 Å². The Labute approximate surface area is 204 Å². The predicted octanol–water partition coefficient (Wildman–Crippen LogP) is 1.74. The number of thiazole rings is 1. The molecule has 0 radical (unpaired) electrons. The van der Waals surface area contributed by atoms with Crippen molar-refractivity contribution in [3.63, 3.8) is 0 Å². The molecule has 0 fully saturated rings. The van der Waals surface area contributed by atoms with Crippen LogP contribution in [-0.2, 0) is 23.9 Å². The maximum atomic E-state index is 12.7. The Balaban J connectivity index is 0.00000341. The largest absolute Gasteiger partial charge is 1.00 e. The molecule has 0 aliphatic carbocycles. The quantitative estimate of drug-likeness (QED) is 0.551. The number of nitrogens with zero attached hydrogens (tertiary/aromatic N) is 1. The van der Waals surface area contributed by atoms with Gasteiger partial charge < -0.3 is 15.2 Å². The first-order valence-electron chi connectivity index (χ1n) is 9.30. The van der Waals surface area contributed by atoms with E-state index in [-0.39, 0.29) is 36.0 Å². The van der Waals surface area contributed by atoms with Gasteiger partial charge in [0.15, 0.2) is 0 Å². The van der Waals surface area contributed by atoms with E-state index in [1.54, 1.807) is 0 Å². The van der Waals surface area contributed by atoms with E-state index in [4.69, 9.17) is 0 Å². The van der Waals surface area contributed by atoms with Crippen LogP contribution in [0.4, 0.5) is 18.9 Å². The van der Waals surface area contributed by atoms with E-state index in [0.717, 1.165) is 39.5 Å². The van der Waals surface area contributed by atoms with Gasteiger partial charge in [-0.05, 0) is 62.1 Å². The van der Waals surface area contributed by atoms with Crippen molar-refractivity contribution in [2.45, 2.75) is 39.4 Å². The summed E-state index contributed by atoms with van der Waals surface area (Å²) in [7, 11) is 0. The molecular formula is C22H20F3N2NaO2S. The molecule has 0 atom stereocenters. The molecule has 0 saturated heterocycles. The number of carboxylic acid groups (broad SMARTS) is 1. The second-order valence-corrected chi connectivity index (χ2v) is 8.05. The van der Waals surface area contributed by atoms with Gasteiger partial charge in [-0.2, -0.15) is 13.2 Å². The van der Waals surface area contributed by atoms with Gasteiger partial charge in [-0.25, -0.2) is 4.98 Å². The Kier molecular flexibility index (Phi) is 8.71. The van der Waals surface area contributed by atoms with Gasteiger partial charge in [-0.1, -0.05) is 18.2 Å². The predicted molar refractivity (Wildman–Crippen MR) is 109 cm³/mol. The molecule has 158 valence electrons. The van der Waals surface area contributed by atoms with E-state index in [0.29, 0.717) is 23.5 Å². The second-order valence-electron chi connectivity index (χ2n) is 6.97. The van der Waals surface area contributed by atoms with Gasteiger partial charge >= 0.3 is 35.7 Å².